The Hall–Kier alpha value is -3.48. The van der Waals surface area contributed by atoms with Crippen molar-refractivity contribution in [1.82, 2.24) is 5.32 Å². The van der Waals surface area contributed by atoms with E-state index >= 15 is 0 Å². The summed E-state index contributed by atoms with van der Waals surface area (Å²) >= 11 is 0. The van der Waals surface area contributed by atoms with E-state index in [-0.39, 0.29) is 23.8 Å². The van der Waals surface area contributed by atoms with Gasteiger partial charge in [0.2, 0.25) is 0 Å². The second kappa shape index (κ2) is 7.60. The van der Waals surface area contributed by atoms with E-state index in [1.807, 2.05) is 0 Å². The fourth-order valence-electron chi connectivity index (χ4n) is 2.26. The molecule has 5 nitrogen and oxygen atoms in total. The first-order valence-electron chi connectivity index (χ1n) is 7.70. The zero-order valence-corrected chi connectivity index (χ0v) is 13.5. The van der Waals surface area contributed by atoms with Crippen LogP contribution in [0.15, 0.2) is 65.3 Å². The van der Waals surface area contributed by atoms with Crippen LogP contribution < -0.4 is 10.6 Å². The van der Waals surface area contributed by atoms with E-state index in [2.05, 4.69) is 10.6 Å². The highest BCUT2D eigenvalue weighted by Crippen LogP contribution is 2.13. The van der Waals surface area contributed by atoms with Crippen LogP contribution in [-0.4, -0.2) is 11.8 Å². The van der Waals surface area contributed by atoms with E-state index in [1.165, 1.54) is 6.26 Å². The van der Waals surface area contributed by atoms with Crippen LogP contribution in [0.1, 0.15) is 26.5 Å². The van der Waals surface area contributed by atoms with Gasteiger partial charge in [-0.3, -0.25) is 9.59 Å². The van der Waals surface area contributed by atoms with Crippen molar-refractivity contribution in [3.63, 3.8) is 0 Å². The maximum atomic E-state index is 13.6. The highest BCUT2D eigenvalue weighted by atomic mass is 19.1. The molecule has 2 N–H and O–H groups in total. The molecule has 2 amide bonds. The maximum Gasteiger partial charge on any atom is 0.291 e. The first-order valence-corrected chi connectivity index (χ1v) is 7.70. The van der Waals surface area contributed by atoms with Gasteiger partial charge in [-0.25, -0.2) is 8.78 Å². The SMILES string of the molecule is O=C(Nc1ccc(CNC(=O)c2cc(F)ccc2F)cc1)c1ccco1. The lowest BCUT2D eigenvalue weighted by molar-refractivity contribution is 0.0945. The molecular formula is C19H14F2N2O3. The number of hydrogen-bond acceptors (Lipinski definition) is 3. The van der Waals surface area contributed by atoms with Gasteiger partial charge in [-0.15, -0.1) is 0 Å². The molecule has 0 fully saturated rings. The normalized spacial score (nSPS) is 10.4. The van der Waals surface area contributed by atoms with E-state index in [1.54, 1.807) is 36.4 Å². The van der Waals surface area contributed by atoms with Gasteiger partial charge in [0.1, 0.15) is 11.6 Å². The van der Waals surface area contributed by atoms with E-state index in [0.29, 0.717) is 5.69 Å². The summed E-state index contributed by atoms with van der Waals surface area (Å²) in [7, 11) is 0. The minimum atomic E-state index is -0.792. The number of halogens is 2. The van der Waals surface area contributed by atoms with Gasteiger partial charge in [-0.2, -0.15) is 0 Å². The molecule has 3 aromatic rings. The first kappa shape index (κ1) is 17.3. The number of anilines is 1. The monoisotopic (exact) mass is 356 g/mol. The molecule has 0 spiro atoms. The van der Waals surface area contributed by atoms with Crippen LogP contribution in [0, 0.1) is 11.6 Å². The third-order valence-corrected chi connectivity index (χ3v) is 3.58. The number of furan rings is 1. The van der Waals surface area contributed by atoms with Crippen LogP contribution >= 0.6 is 0 Å². The van der Waals surface area contributed by atoms with Crippen molar-refractivity contribution in [3.8, 4) is 0 Å². The molecule has 0 radical (unpaired) electrons. The van der Waals surface area contributed by atoms with Crippen molar-refractivity contribution in [3.05, 3.63) is 89.4 Å². The summed E-state index contributed by atoms with van der Waals surface area (Å²) in [6, 6.07) is 12.6. The molecule has 132 valence electrons. The Kier molecular flexibility index (Phi) is 5.07. The highest BCUT2D eigenvalue weighted by Gasteiger charge is 2.13. The molecule has 0 atom stereocenters. The number of nitrogens with one attached hydrogen (secondary N) is 2. The zero-order chi connectivity index (χ0) is 18.5. The van der Waals surface area contributed by atoms with Crippen LogP contribution in [0.4, 0.5) is 14.5 Å². The molecule has 0 aliphatic carbocycles. The third kappa shape index (κ3) is 4.13. The molecule has 0 saturated carbocycles. The number of rotatable bonds is 5. The Morgan fingerprint density at radius 1 is 0.962 bits per heavy atom. The predicted octanol–water partition coefficient (Wildman–Crippen LogP) is 3.74. The molecule has 0 saturated heterocycles. The Balaban J connectivity index is 1.58. The first-order chi connectivity index (χ1) is 12.5. The second-order valence-corrected chi connectivity index (χ2v) is 5.44. The number of carbonyl (C=O) groups excluding carboxylic acids is 2. The van der Waals surface area contributed by atoms with Gasteiger partial charge >= 0.3 is 0 Å². The number of benzene rings is 2. The molecule has 1 heterocycles. The van der Waals surface area contributed by atoms with Gasteiger partial charge in [0, 0.05) is 12.2 Å². The summed E-state index contributed by atoms with van der Waals surface area (Å²) < 4.78 is 31.7. The van der Waals surface area contributed by atoms with Crippen molar-refractivity contribution in [2.24, 2.45) is 0 Å². The van der Waals surface area contributed by atoms with Crippen LogP contribution in [0.3, 0.4) is 0 Å². The summed E-state index contributed by atoms with van der Waals surface area (Å²) in [6.07, 6.45) is 1.40. The summed E-state index contributed by atoms with van der Waals surface area (Å²) in [6.45, 7) is 0.126. The minimum absolute atomic E-state index is 0.126. The molecule has 1 aromatic heterocycles. The van der Waals surface area contributed by atoms with E-state index in [4.69, 9.17) is 4.42 Å². The topological polar surface area (TPSA) is 71.3 Å². The van der Waals surface area contributed by atoms with Gasteiger partial charge in [0.05, 0.1) is 11.8 Å². The van der Waals surface area contributed by atoms with Gasteiger partial charge in [0.25, 0.3) is 11.8 Å². The van der Waals surface area contributed by atoms with Gasteiger partial charge in [0.15, 0.2) is 5.76 Å². The summed E-state index contributed by atoms with van der Waals surface area (Å²) in [5.41, 5.74) is 0.927. The molecule has 7 heteroatoms. The summed E-state index contributed by atoms with van der Waals surface area (Å²) in [4.78, 5) is 23.8. The van der Waals surface area contributed by atoms with Gasteiger partial charge < -0.3 is 15.1 Å². The molecule has 3 rings (SSSR count). The van der Waals surface area contributed by atoms with Crippen molar-refractivity contribution in [2.75, 3.05) is 5.32 Å². The Morgan fingerprint density at radius 3 is 2.42 bits per heavy atom. The molecule has 0 unspecified atom stereocenters. The van der Waals surface area contributed by atoms with Gasteiger partial charge in [-0.05, 0) is 48.0 Å². The largest absolute Gasteiger partial charge is 0.459 e. The molecule has 0 aliphatic rings. The zero-order valence-electron chi connectivity index (χ0n) is 13.5. The lowest BCUT2D eigenvalue weighted by Gasteiger charge is -2.08. The van der Waals surface area contributed by atoms with Crippen LogP contribution in [0.5, 0.6) is 0 Å². The van der Waals surface area contributed by atoms with Crippen LogP contribution in [0.25, 0.3) is 0 Å². The Morgan fingerprint density at radius 2 is 1.73 bits per heavy atom. The molecule has 0 bridgehead atoms. The second-order valence-electron chi connectivity index (χ2n) is 5.44. The number of carbonyl (C=O) groups is 2. The number of amides is 2. The van der Waals surface area contributed by atoms with Crippen molar-refractivity contribution in [1.29, 1.82) is 0 Å². The fraction of sp³-hybridized carbons (Fsp3) is 0.0526. The minimum Gasteiger partial charge on any atom is -0.459 e. The fourth-order valence-corrected chi connectivity index (χ4v) is 2.26. The standard InChI is InChI=1S/C19H14F2N2O3/c20-13-5-8-16(21)15(10-13)18(24)22-11-12-3-6-14(7-4-12)23-19(25)17-2-1-9-26-17/h1-10H,11H2,(H,22,24)(H,23,25). The Labute approximate surface area is 147 Å². The van der Waals surface area contributed by atoms with Crippen molar-refractivity contribution in [2.45, 2.75) is 6.54 Å². The predicted molar refractivity (Wildman–Crippen MR) is 90.6 cm³/mol. The highest BCUT2D eigenvalue weighted by molar-refractivity contribution is 6.02. The maximum absolute atomic E-state index is 13.6. The average molecular weight is 356 g/mol. The molecule has 26 heavy (non-hydrogen) atoms. The quantitative estimate of drug-likeness (QED) is 0.732. The van der Waals surface area contributed by atoms with Crippen LogP contribution in [-0.2, 0) is 6.54 Å². The summed E-state index contributed by atoms with van der Waals surface area (Å²) in [5, 5.41) is 5.18. The van der Waals surface area contributed by atoms with Crippen LogP contribution in [0.2, 0.25) is 0 Å². The number of hydrogen-bond donors (Lipinski definition) is 2. The Bertz CT molecular complexity index is 922. The molecule has 0 aliphatic heterocycles. The smallest absolute Gasteiger partial charge is 0.291 e. The lowest BCUT2D eigenvalue weighted by atomic mass is 10.1. The van der Waals surface area contributed by atoms with E-state index in [0.717, 1.165) is 23.8 Å². The van der Waals surface area contributed by atoms with Gasteiger partial charge in [-0.1, -0.05) is 12.1 Å². The van der Waals surface area contributed by atoms with Crippen molar-refractivity contribution >= 4 is 17.5 Å². The third-order valence-electron chi connectivity index (χ3n) is 3.58. The average Bonchev–Trinajstić information content (AvgIpc) is 3.18. The lowest BCUT2D eigenvalue weighted by Crippen LogP contribution is -2.24. The van der Waals surface area contributed by atoms with E-state index < -0.39 is 17.5 Å². The van der Waals surface area contributed by atoms with Crippen molar-refractivity contribution < 1.29 is 22.8 Å². The van der Waals surface area contributed by atoms with E-state index in [9.17, 15) is 18.4 Å². The molecular weight excluding hydrogens is 342 g/mol. The molecule has 2 aromatic carbocycles. The summed E-state index contributed by atoms with van der Waals surface area (Å²) in [5.74, 6) is -2.37.